The van der Waals surface area contributed by atoms with E-state index in [1.165, 1.54) is 0 Å². The Kier molecular flexibility index (Phi) is 5.92. The molecule has 0 bridgehead atoms. The molecule has 0 aromatic rings. The highest BCUT2D eigenvalue weighted by molar-refractivity contribution is 5.79. The number of nitrogens with two attached hydrogens (primary N) is 1. The van der Waals surface area contributed by atoms with Gasteiger partial charge in [-0.05, 0) is 25.2 Å². The molecule has 100 valence electrons. The molecule has 4 nitrogen and oxygen atoms in total. The van der Waals surface area contributed by atoms with E-state index in [2.05, 4.69) is 19.2 Å². The fourth-order valence-corrected chi connectivity index (χ4v) is 2.46. The summed E-state index contributed by atoms with van der Waals surface area (Å²) in [6.45, 7) is 4.46. The SMILES string of the molecule is CC(C)CC(O)CNC(=O)C1CCCCC1N. The van der Waals surface area contributed by atoms with Gasteiger partial charge in [0.15, 0.2) is 0 Å². The summed E-state index contributed by atoms with van der Waals surface area (Å²) >= 11 is 0. The standard InChI is InChI=1S/C13H26N2O2/c1-9(2)7-10(16)8-15-13(17)11-5-3-4-6-12(11)14/h9-12,16H,3-8,14H2,1-2H3,(H,15,17). The number of carbonyl (C=O) groups is 1. The number of carbonyl (C=O) groups excluding carboxylic acids is 1. The molecule has 0 aromatic carbocycles. The van der Waals surface area contributed by atoms with Gasteiger partial charge in [-0.15, -0.1) is 0 Å². The highest BCUT2D eigenvalue weighted by atomic mass is 16.3. The van der Waals surface area contributed by atoms with Crippen LogP contribution in [0.15, 0.2) is 0 Å². The number of amides is 1. The van der Waals surface area contributed by atoms with Crippen LogP contribution < -0.4 is 11.1 Å². The van der Waals surface area contributed by atoms with Crippen molar-refractivity contribution >= 4 is 5.91 Å². The zero-order valence-electron chi connectivity index (χ0n) is 11.0. The summed E-state index contributed by atoms with van der Waals surface area (Å²) in [4.78, 5) is 11.9. The van der Waals surface area contributed by atoms with Crippen molar-refractivity contribution in [2.75, 3.05) is 6.54 Å². The lowest BCUT2D eigenvalue weighted by Gasteiger charge is -2.27. The molecule has 0 aliphatic heterocycles. The summed E-state index contributed by atoms with van der Waals surface area (Å²) in [5.41, 5.74) is 5.94. The molecule has 1 aliphatic carbocycles. The van der Waals surface area contributed by atoms with Gasteiger partial charge in [0, 0.05) is 12.6 Å². The quantitative estimate of drug-likeness (QED) is 0.674. The van der Waals surface area contributed by atoms with Gasteiger partial charge in [-0.3, -0.25) is 4.79 Å². The third-order valence-corrected chi connectivity index (χ3v) is 3.41. The molecule has 1 amide bonds. The molecule has 0 aromatic heterocycles. The van der Waals surface area contributed by atoms with Crippen LogP contribution in [0.1, 0.15) is 46.0 Å². The Morgan fingerprint density at radius 2 is 2.06 bits per heavy atom. The molecule has 0 spiro atoms. The fourth-order valence-electron chi connectivity index (χ4n) is 2.46. The van der Waals surface area contributed by atoms with Gasteiger partial charge < -0.3 is 16.2 Å². The topological polar surface area (TPSA) is 75.3 Å². The number of aliphatic hydroxyl groups excluding tert-OH is 1. The molecule has 1 saturated carbocycles. The Morgan fingerprint density at radius 3 is 2.65 bits per heavy atom. The van der Waals surface area contributed by atoms with Crippen LogP contribution in [0.2, 0.25) is 0 Å². The number of aliphatic hydroxyl groups is 1. The predicted molar refractivity (Wildman–Crippen MR) is 68.4 cm³/mol. The summed E-state index contributed by atoms with van der Waals surface area (Å²) in [7, 11) is 0. The number of rotatable bonds is 5. The van der Waals surface area contributed by atoms with Crippen molar-refractivity contribution in [2.45, 2.75) is 58.1 Å². The summed E-state index contributed by atoms with van der Waals surface area (Å²) in [6, 6.07) is -0.00834. The highest BCUT2D eigenvalue weighted by Crippen LogP contribution is 2.22. The molecule has 0 heterocycles. The molecule has 3 unspecified atom stereocenters. The summed E-state index contributed by atoms with van der Waals surface area (Å²) in [5, 5.41) is 12.5. The number of hydrogen-bond acceptors (Lipinski definition) is 3. The van der Waals surface area contributed by atoms with E-state index in [0.29, 0.717) is 12.5 Å². The molecule has 4 heteroatoms. The average molecular weight is 242 g/mol. The zero-order chi connectivity index (χ0) is 12.8. The van der Waals surface area contributed by atoms with E-state index in [-0.39, 0.29) is 17.9 Å². The molecule has 3 atom stereocenters. The summed E-state index contributed by atoms with van der Waals surface area (Å²) in [6.07, 6.45) is 4.30. The molecule has 1 rings (SSSR count). The lowest BCUT2D eigenvalue weighted by Crippen LogP contribution is -2.45. The van der Waals surface area contributed by atoms with Crippen LogP contribution in [0, 0.1) is 11.8 Å². The van der Waals surface area contributed by atoms with Crippen LogP contribution in [0.25, 0.3) is 0 Å². The molecule has 1 aliphatic rings. The Labute approximate surface area is 104 Å². The minimum Gasteiger partial charge on any atom is -0.391 e. The van der Waals surface area contributed by atoms with Crippen molar-refractivity contribution in [1.82, 2.24) is 5.32 Å². The van der Waals surface area contributed by atoms with Gasteiger partial charge >= 0.3 is 0 Å². The second-order valence-corrected chi connectivity index (χ2v) is 5.58. The second-order valence-electron chi connectivity index (χ2n) is 5.58. The Bertz CT molecular complexity index is 244. The van der Waals surface area contributed by atoms with Gasteiger partial charge in [-0.1, -0.05) is 26.7 Å². The van der Waals surface area contributed by atoms with Crippen molar-refractivity contribution in [3.05, 3.63) is 0 Å². The van der Waals surface area contributed by atoms with E-state index in [9.17, 15) is 9.90 Å². The zero-order valence-corrected chi connectivity index (χ0v) is 11.0. The monoisotopic (exact) mass is 242 g/mol. The van der Waals surface area contributed by atoms with E-state index in [1.54, 1.807) is 0 Å². The van der Waals surface area contributed by atoms with Crippen LogP contribution in [0.5, 0.6) is 0 Å². The lowest BCUT2D eigenvalue weighted by molar-refractivity contribution is -0.127. The van der Waals surface area contributed by atoms with Crippen molar-refractivity contribution in [3.8, 4) is 0 Å². The molecule has 4 N–H and O–H groups in total. The predicted octanol–water partition coefficient (Wildman–Crippen LogP) is 1.03. The van der Waals surface area contributed by atoms with Crippen LogP contribution in [-0.2, 0) is 4.79 Å². The normalized spacial score (nSPS) is 26.9. The first-order valence-corrected chi connectivity index (χ1v) is 6.72. The van der Waals surface area contributed by atoms with Crippen molar-refractivity contribution < 1.29 is 9.90 Å². The van der Waals surface area contributed by atoms with Gasteiger partial charge in [-0.25, -0.2) is 0 Å². The molecular weight excluding hydrogens is 216 g/mol. The minimum absolute atomic E-state index is 0.00834. The third kappa shape index (κ3) is 5.04. The largest absolute Gasteiger partial charge is 0.391 e. The second kappa shape index (κ2) is 6.97. The van der Waals surface area contributed by atoms with Crippen LogP contribution in [-0.4, -0.2) is 29.7 Å². The highest BCUT2D eigenvalue weighted by Gasteiger charge is 2.28. The van der Waals surface area contributed by atoms with Gasteiger partial charge in [0.1, 0.15) is 0 Å². The molecule has 0 radical (unpaired) electrons. The summed E-state index contributed by atoms with van der Waals surface area (Å²) in [5.74, 6) is 0.397. The lowest BCUT2D eigenvalue weighted by atomic mass is 9.84. The van der Waals surface area contributed by atoms with Gasteiger partial charge in [0.05, 0.1) is 12.0 Å². The number of hydrogen-bond donors (Lipinski definition) is 3. The van der Waals surface area contributed by atoms with Crippen molar-refractivity contribution in [1.29, 1.82) is 0 Å². The maximum absolute atomic E-state index is 11.9. The molecular formula is C13H26N2O2. The Balaban J connectivity index is 2.28. The van der Waals surface area contributed by atoms with E-state index >= 15 is 0 Å². The van der Waals surface area contributed by atoms with E-state index < -0.39 is 6.10 Å². The van der Waals surface area contributed by atoms with Gasteiger partial charge in [0.2, 0.25) is 5.91 Å². The maximum Gasteiger partial charge on any atom is 0.224 e. The maximum atomic E-state index is 11.9. The van der Waals surface area contributed by atoms with Crippen LogP contribution in [0.4, 0.5) is 0 Å². The first-order chi connectivity index (χ1) is 8.00. The first-order valence-electron chi connectivity index (χ1n) is 6.72. The van der Waals surface area contributed by atoms with E-state index in [4.69, 9.17) is 5.73 Å². The van der Waals surface area contributed by atoms with Crippen LogP contribution in [0.3, 0.4) is 0 Å². The van der Waals surface area contributed by atoms with Crippen molar-refractivity contribution in [2.24, 2.45) is 17.6 Å². The van der Waals surface area contributed by atoms with Gasteiger partial charge in [-0.2, -0.15) is 0 Å². The Hall–Kier alpha value is -0.610. The molecule has 17 heavy (non-hydrogen) atoms. The molecule has 1 fully saturated rings. The first kappa shape index (κ1) is 14.5. The van der Waals surface area contributed by atoms with E-state index in [0.717, 1.165) is 32.1 Å². The fraction of sp³-hybridized carbons (Fsp3) is 0.923. The third-order valence-electron chi connectivity index (χ3n) is 3.41. The number of nitrogens with one attached hydrogen (secondary N) is 1. The Morgan fingerprint density at radius 1 is 1.41 bits per heavy atom. The average Bonchev–Trinajstić information content (AvgIpc) is 2.25. The minimum atomic E-state index is -0.446. The molecule has 0 saturated heterocycles. The summed E-state index contributed by atoms with van der Waals surface area (Å²) < 4.78 is 0. The van der Waals surface area contributed by atoms with Crippen LogP contribution >= 0.6 is 0 Å². The van der Waals surface area contributed by atoms with Gasteiger partial charge in [0.25, 0.3) is 0 Å². The smallest absolute Gasteiger partial charge is 0.224 e. The van der Waals surface area contributed by atoms with Crippen molar-refractivity contribution in [3.63, 3.8) is 0 Å². The van der Waals surface area contributed by atoms with E-state index in [1.807, 2.05) is 0 Å².